The summed E-state index contributed by atoms with van der Waals surface area (Å²) >= 11 is 1.41. The summed E-state index contributed by atoms with van der Waals surface area (Å²) in [7, 11) is 4.01. The van der Waals surface area contributed by atoms with Crippen molar-refractivity contribution in [3.8, 4) is 22.0 Å². The topological polar surface area (TPSA) is 95.9 Å². The molecule has 0 atom stereocenters. The fourth-order valence-electron chi connectivity index (χ4n) is 3.03. The molecule has 0 saturated heterocycles. The summed E-state index contributed by atoms with van der Waals surface area (Å²) in [4.78, 5) is 24.4. The molecule has 4 aromatic rings. The van der Waals surface area contributed by atoms with Gasteiger partial charge in [-0.15, -0.1) is 10.2 Å². The minimum atomic E-state index is -0.322. The van der Waals surface area contributed by atoms with Gasteiger partial charge in [-0.05, 0) is 26.2 Å². The van der Waals surface area contributed by atoms with E-state index in [1.54, 1.807) is 11.6 Å². The molecule has 0 aliphatic heterocycles. The van der Waals surface area contributed by atoms with Gasteiger partial charge in [-0.2, -0.15) is 0 Å². The van der Waals surface area contributed by atoms with Crippen LogP contribution in [0.15, 0.2) is 66.2 Å². The summed E-state index contributed by atoms with van der Waals surface area (Å²) in [5.74, 6) is 0.767. The normalized spacial score (nSPS) is 10.8. The smallest absolute Gasteiger partial charge is 0.274 e. The molecule has 1 amide bonds. The predicted octanol–water partition coefficient (Wildman–Crippen LogP) is 3.89. The number of carbonyl (C=O) groups is 1. The van der Waals surface area contributed by atoms with Crippen LogP contribution >= 0.6 is 11.3 Å². The number of amides is 1. The van der Waals surface area contributed by atoms with Crippen molar-refractivity contribution in [2.75, 3.05) is 37.8 Å². The van der Waals surface area contributed by atoms with Crippen molar-refractivity contribution < 1.29 is 4.79 Å². The van der Waals surface area contributed by atoms with Gasteiger partial charge in [0.1, 0.15) is 22.0 Å². The third kappa shape index (κ3) is 5.32. The van der Waals surface area contributed by atoms with E-state index >= 15 is 0 Å². The highest BCUT2D eigenvalue weighted by atomic mass is 32.1. The number of anilines is 2. The lowest BCUT2D eigenvalue weighted by molar-refractivity contribution is 0.102. The molecular formula is C23H23N7OS. The number of nitrogens with one attached hydrogen (secondary N) is 2. The first-order chi connectivity index (χ1) is 15.6. The summed E-state index contributed by atoms with van der Waals surface area (Å²) in [5.41, 5.74) is 4.24. The number of para-hydroxylation sites is 1. The number of carbonyl (C=O) groups excluding carboxylic acids is 1. The van der Waals surface area contributed by atoms with E-state index < -0.39 is 0 Å². The first-order valence-electron chi connectivity index (χ1n) is 10.1. The van der Waals surface area contributed by atoms with Gasteiger partial charge >= 0.3 is 0 Å². The van der Waals surface area contributed by atoms with Crippen LogP contribution in [0.5, 0.6) is 0 Å². The fourth-order valence-corrected chi connectivity index (χ4v) is 3.63. The monoisotopic (exact) mass is 445 g/mol. The molecule has 0 bridgehead atoms. The molecule has 32 heavy (non-hydrogen) atoms. The highest BCUT2D eigenvalue weighted by Crippen LogP contribution is 2.29. The minimum absolute atomic E-state index is 0.276. The number of benzene rings is 2. The molecule has 0 fully saturated rings. The Balaban J connectivity index is 1.64. The first kappa shape index (κ1) is 21.5. The van der Waals surface area contributed by atoms with Crippen molar-refractivity contribution in [2.45, 2.75) is 0 Å². The Morgan fingerprint density at radius 2 is 1.81 bits per heavy atom. The van der Waals surface area contributed by atoms with E-state index in [-0.39, 0.29) is 11.6 Å². The Labute approximate surface area is 190 Å². The second-order valence-corrected chi connectivity index (χ2v) is 8.13. The average molecular weight is 446 g/mol. The van der Waals surface area contributed by atoms with Crippen LogP contribution in [0.25, 0.3) is 22.0 Å². The van der Waals surface area contributed by atoms with Gasteiger partial charge in [0.25, 0.3) is 5.91 Å². The van der Waals surface area contributed by atoms with Gasteiger partial charge < -0.3 is 15.5 Å². The number of hydrogen-bond donors (Lipinski definition) is 2. The second-order valence-electron chi connectivity index (χ2n) is 7.30. The molecule has 2 N–H and O–H groups in total. The third-order valence-corrected chi connectivity index (χ3v) is 5.35. The van der Waals surface area contributed by atoms with Crippen molar-refractivity contribution in [2.24, 2.45) is 0 Å². The standard InChI is InChI=1S/C23H23N7OS/c1-30(2)13-12-24-20-14-19(26-21(28-20)16-8-4-3-5-9-16)22(31)27-18-11-7-6-10-17(18)23-29-25-15-32-23/h3-11,14-15H,12-13H2,1-2H3,(H,27,31)(H,24,26,28). The van der Waals surface area contributed by atoms with Crippen molar-refractivity contribution in [3.63, 3.8) is 0 Å². The summed E-state index contributed by atoms with van der Waals surface area (Å²) in [6.45, 7) is 1.53. The molecule has 0 aliphatic carbocycles. The van der Waals surface area contributed by atoms with Crippen LogP contribution in [-0.4, -0.2) is 58.2 Å². The third-order valence-electron chi connectivity index (χ3n) is 4.62. The number of nitrogens with zero attached hydrogens (tertiary/aromatic N) is 5. The van der Waals surface area contributed by atoms with E-state index in [0.29, 0.717) is 23.9 Å². The highest BCUT2D eigenvalue weighted by Gasteiger charge is 2.16. The lowest BCUT2D eigenvalue weighted by Crippen LogP contribution is -2.22. The van der Waals surface area contributed by atoms with Crippen LogP contribution in [0, 0.1) is 0 Å². The molecule has 2 aromatic heterocycles. The average Bonchev–Trinajstić information content (AvgIpc) is 3.34. The van der Waals surface area contributed by atoms with Gasteiger partial charge in [-0.25, -0.2) is 9.97 Å². The summed E-state index contributed by atoms with van der Waals surface area (Å²) in [6.07, 6.45) is 0. The van der Waals surface area contributed by atoms with Crippen molar-refractivity contribution in [3.05, 3.63) is 71.9 Å². The van der Waals surface area contributed by atoms with E-state index in [9.17, 15) is 4.79 Å². The SMILES string of the molecule is CN(C)CCNc1cc(C(=O)Nc2ccccc2-c2nncs2)nc(-c2ccccc2)n1. The molecule has 0 spiro atoms. The van der Waals surface area contributed by atoms with Crippen LogP contribution in [0.4, 0.5) is 11.5 Å². The molecule has 162 valence electrons. The van der Waals surface area contributed by atoms with Crippen LogP contribution in [0.3, 0.4) is 0 Å². The van der Waals surface area contributed by atoms with Gasteiger partial charge in [0.05, 0.1) is 5.69 Å². The van der Waals surface area contributed by atoms with E-state index in [0.717, 1.165) is 22.7 Å². The van der Waals surface area contributed by atoms with E-state index in [4.69, 9.17) is 0 Å². The van der Waals surface area contributed by atoms with Crippen molar-refractivity contribution in [1.29, 1.82) is 0 Å². The maximum absolute atomic E-state index is 13.2. The van der Waals surface area contributed by atoms with E-state index in [1.807, 2.05) is 68.7 Å². The van der Waals surface area contributed by atoms with Gasteiger partial charge in [0.2, 0.25) is 0 Å². The van der Waals surface area contributed by atoms with Crippen LogP contribution in [-0.2, 0) is 0 Å². The molecule has 4 rings (SSSR count). The minimum Gasteiger partial charge on any atom is -0.369 e. The number of hydrogen-bond acceptors (Lipinski definition) is 8. The maximum atomic E-state index is 13.2. The predicted molar refractivity (Wildman–Crippen MR) is 128 cm³/mol. The van der Waals surface area contributed by atoms with E-state index in [2.05, 4.69) is 35.7 Å². The van der Waals surface area contributed by atoms with Crippen LogP contribution in [0.1, 0.15) is 10.5 Å². The zero-order chi connectivity index (χ0) is 22.3. The van der Waals surface area contributed by atoms with E-state index in [1.165, 1.54) is 11.3 Å². The fraction of sp³-hybridized carbons (Fsp3) is 0.174. The quantitative estimate of drug-likeness (QED) is 0.425. The number of rotatable bonds is 8. The summed E-state index contributed by atoms with van der Waals surface area (Å²) in [6, 6.07) is 18.8. The Hall–Kier alpha value is -3.69. The van der Waals surface area contributed by atoms with Gasteiger partial charge in [-0.3, -0.25) is 4.79 Å². The van der Waals surface area contributed by atoms with Crippen LogP contribution < -0.4 is 10.6 Å². The van der Waals surface area contributed by atoms with Crippen molar-refractivity contribution in [1.82, 2.24) is 25.1 Å². The van der Waals surface area contributed by atoms with Crippen LogP contribution in [0.2, 0.25) is 0 Å². The van der Waals surface area contributed by atoms with Gasteiger partial charge in [-0.1, -0.05) is 53.8 Å². The molecule has 0 saturated carbocycles. The first-order valence-corrected chi connectivity index (χ1v) is 11.0. The molecule has 8 nitrogen and oxygen atoms in total. The number of likely N-dealkylation sites (N-methyl/N-ethyl adjacent to an activating group) is 1. The number of aromatic nitrogens is 4. The summed E-state index contributed by atoms with van der Waals surface area (Å²) in [5, 5.41) is 15.0. The Morgan fingerprint density at radius 3 is 2.56 bits per heavy atom. The zero-order valence-electron chi connectivity index (χ0n) is 17.8. The van der Waals surface area contributed by atoms with Gasteiger partial charge in [0.15, 0.2) is 5.82 Å². The van der Waals surface area contributed by atoms with Crippen molar-refractivity contribution >= 4 is 28.7 Å². The van der Waals surface area contributed by atoms with Gasteiger partial charge in [0, 0.05) is 30.3 Å². The molecule has 2 aromatic carbocycles. The summed E-state index contributed by atoms with van der Waals surface area (Å²) < 4.78 is 0. The molecule has 0 unspecified atom stereocenters. The zero-order valence-corrected chi connectivity index (χ0v) is 18.6. The lowest BCUT2D eigenvalue weighted by atomic mass is 10.1. The Bertz CT molecular complexity index is 1180. The lowest BCUT2D eigenvalue weighted by Gasteiger charge is -2.13. The molecule has 0 aliphatic rings. The largest absolute Gasteiger partial charge is 0.369 e. The molecule has 0 radical (unpaired) electrons. The second kappa shape index (κ2) is 10.1. The highest BCUT2D eigenvalue weighted by molar-refractivity contribution is 7.12. The molecule has 9 heteroatoms. The Morgan fingerprint density at radius 1 is 1.03 bits per heavy atom. The maximum Gasteiger partial charge on any atom is 0.274 e. The Kier molecular flexibility index (Phi) is 6.78. The molecule has 2 heterocycles. The molecular weight excluding hydrogens is 422 g/mol.